The van der Waals surface area contributed by atoms with E-state index in [0.29, 0.717) is 6.04 Å². The molecule has 80 valence electrons. The summed E-state index contributed by atoms with van der Waals surface area (Å²) in [4.78, 5) is 12.5. The lowest BCUT2D eigenvalue weighted by molar-refractivity contribution is 0.260. The number of hydrogen-bond donors (Lipinski definition) is 1. The van der Waals surface area contributed by atoms with E-state index in [1.54, 1.807) is 0 Å². The molecule has 0 heterocycles. The highest BCUT2D eigenvalue weighted by molar-refractivity contribution is 8.13. The molecule has 1 fully saturated rings. The Morgan fingerprint density at radius 1 is 1.40 bits per heavy atom. The molecule has 1 aliphatic rings. The number of rotatable bonds is 3. The van der Waals surface area contributed by atoms with E-state index in [1.165, 1.54) is 17.3 Å². The molecule has 2 nitrogen and oxygen atoms in total. The second-order valence-electron chi connectivity index (χ2n) is 3.81. The van der Waals surface area contributed by atoms with Crippen LogP contribution in [-0.2, 0) is 6.42 Å². The van der Waals surface area contributed by atoms with Crippen LogP contribution in [0.4, 0.5) is 4.79 Å². The van der Waals surface area contributed by atoms with Gasteiger partial charge in [0.05, 0.1) is 0 Å². The van der Waals surface area contributed by atoms with Gasteiger partial charge in [-0.25, -0.2) is 0 Å². The van der Waals surface area contributed by atoms with E-state index in [4.69, 9.17) is 0 Å². The topological polar surface area (TPSA) is 29.1 Å². The number of hydrogen-bond acceptors (Lipinski definition) is 2. The molecule has 0 unspecified atom stereocenters. The van der Waals surface area contributed by atoms with Gasteiger partial charge in [-0.3, -0.25) is 4.79 Å². The number of amides is 1. The van der Waals surface area contributed by atoms with E-state index in [0.717, 1.165) is 24.2 Å². The van der Waals surface area contributed by atoms with Gasteiger partial charge in [0.2, 0.25) is 0 Å². The standard InChI is InChI=1S/C12H15NOS/c1-2-9-3-7-11(8-4-9)15-12(14)13-10-5-6-10/h3-4,7-8,10H,2,5-6H2,1H3,(H,13,14). The molecule has 15 heavy (non-hydrogen) atoms. The summed E-state index contributed by atoms with van der Waals surface area (Å²) < 4.78 is 0. The first kappa shape index (κ1) is 10.6. The van der Waals surface area contributed by atoms with Gasteiger partial charge in [-0.1, -0.05) is 19.1 Å². The largest absolute Gasteiger partial charge is 0.344 e. The minimum atomic E-state index is 0.0711. The van der Waals surface area contributed by atoms with Crippen LogP contribution in [-0.4, -0.2) is 11.3 Å². The van der Waals surface area contributed by atoms with Crippen LogP contribution < -0.4 is 5.32 Å². The van der Waals surface area contributed by atoms with E-state index in [-0.39, 0.29) is 5.24 Å². The Morgan fingerprint density at radius 2 is 2.07 bits per heavy atom. The second kappa shape index (κ2) is 4.71. The average Bonchev–Trinajstić information content (AvgIpc) is 3.03. The highest BCUT2D eigenvalue weighted by Gasteiger charge is 2.23. The maximum absolute atomic E-state index is 11.5. The van der Waals surface area contributed by atoms with Crippen molar-refractivity contribution < 1.29 is 4.79 Å². The van der Waals surface area contributed by atoms with E-state index in [1.807, 2.05) is 12.1 Å². The second-order valence-corrected chi connectivity index (χ2v) is 4.85. The zero-order valence-electron chi connectivity index (χ0n) is 8.82. The van der Waals surface area contributed by atoms with Crippen molar-refractivity contribution in [2.24, 2.45) is 0 Å². The number of nitrogens with one attached hydrogen (secondary N) is 1. The highest BCUT2D eigenvalue weighted by atomic mass is 32.2. The summed E-state index contributed by atoms with van der Waals surface area (Å²) in [5.74, 6) is 0. The number of carbonyl (C=O) groups is 1. The molecule has 3 heteroatoms. The van der Waals surface area contributed by atoms with E-state index < -0.39 is 0 Å². The Kier molecular flexibility index (Phi) is 3.31. The lowest BCUT2D eigenvalue weighted by Gasteiger charge is -2.03. The quantitative estimate of drug-likeness (QED) is 0.794. The predicted octanol–water partition coefficient (Wildman–Crippen LogP) is 3.21. The zero-order valence-corrected chi connectivity index (χ0v) is 9.64. The van der Waals surface area contributed by atoms with Crippen LogP contribution in [0.15, 0.2) is 29.2 Å². The molecule has 1 aromatic rings. The molecular formula is C12H15NOS. The Morgan fingerprint density at radius 3 is 2.60 bits per heavy atom. The van der Waals surface area contributed by atoms with Crippen LogP contribution in [0.25, 0.3) is 0 Å². The first-order chi connectivity index (χ1) is 7.28. The van der Waals surface area contributed by atoms with Gasteiger partial charge in [-0.15, -0.1) is 0 Å². The fourth-order valence-electron chi connectivity index (χ4n) is 1.32. The van der Waals surface area contributed by atoms with Crippen LogP contribution in [0.3, 0.4) is 0 Å². The van der Waals surface area contributed by atoms with Crippen LogP contribution in [0.5, 0.6) is 0 Å². The summed E-state index contributed by atoms with van der Waals surface area (Å²) >= 11 is 1.28. The first-order valence-corrected chi connectivity index (χ1v) is 6.17. The van der Waals surface area contributed by atoms with Crippen molar-refractivity contribution in [1.82, 2.24) is 5.32 Å². The number of thioether (sulfide) groups is 1. The summed E-state index contributed by atoms with van der Waals surface area (Å²) in [5, 5.41) is 3.03. The first-order valence-electron chi connectivity index (χ1n) is 5.35. The van der Waals surface area contributed by atoms with E-state index in [9.17, 15) is 4.79 Å². The molecule has 2 rings (SSSR count). The van der Waals surface area contributed by atoms with Crippen LogP contribution >= 0.6 is 11.8 Å². The van der Waals surface area contributed by atoms with Crippen molar-refractivity contribution in [3.63, 3.8) is 0 Å². The van der Waals surface area contributed by atoms with Crippen molar-refractivity contribution in [2.75, 3.05) is 0 Å². The van der Waals surface area contributed by atoms with Crippen LogP contribution in [0.1, 0.15) is 25.3 Å². The molecule has 0 bridgehead atoms. The summed E-state index contributed by atoms with van der Waals surface area (Å²) in [7, 11) is 0. The molecule has 0 aromatic heterocycles. The van der Waals surface area contributed by atoms with E-state index >= 15 is 0 Å². The van der Waals surface area contributed by atoms with Gasteiger partial charge < -0.3 is 5.32 Å². The molecule has 0 spiro atoms. The third kappa shape index (κ3) is 3.27. The third-order valence-electron chi connectivity index (χ3n) is 2.44. The van der Waals surface area contributed by atoms with Gasteiger partial charge in [-0.2, -0.15) is 0 Å². The molecular weight excluding hydrogens is 206 g/mol. The molecule has 1 aromatic carbocycles. The van der Waals surface area contributed by atoms with Gasteiger partial charge in [0.25, 0.3) is 5.24 Å². The van der Waals surface area contributed by atoms with Crippen molar-refractivity contribution in [3.8, 4) is 0 Å². The van der Waals surface area contributed by atoms with Crippen molar-refractivity contribution >= 4 is 17.0 Å². The minimum absolute atomic E-state index is 0.0711. The molecule has 0 aliphatic heterocycles. The Balaban J connectivity index is 1.88. The van der Waals surface area contributed by atoms with Crippen LogP contribution in [0.2, 0.25) is 0 Å². The van der Waals surface area contributed by atoms with E-state index in [2.05, 4.69) is 24.4 Å². The zero-order chi connectivity index (χ0) is 10.7. The summed E-state index contributed by atoms with van der Waals surface area (Å²) in [6.45, 7) is 2.13. The number of carbonyl (C=O) groups excluding carboxylic acids is 1. The monoisotopic (exact) mass is 221 g/mol. The molecule has 1 amide bonds. The number of benzene rings is 1. The molecule has 0 saturated heterocycles. The molecule has 0 atom stereocenters. The highest BCUT2D eigenvalue weighted by Crippen LogP contribution is 2.24. The van der Waals surface area contributed by atoms with Crippen molar-refractivity contribution in [1.29, 1.82) is 0 Å². The average molecular weight is 221 g/mol. The van der Waals surface area contributed by atoms with Crippen molar-refractivity contribution in [3.05, 3.63) is 29.8 Å². The lowest BCUT2D eigenvalue weighted by Crippen LogP contribution is -2.20. The van der Waals surface area contributed by atoms with Gasteiger partial charge >= 0.3 is 0 Å². The summed E-state index contributed by atoms with van der Waals surface area (Å²) in [6, 6.07) is 8.62. The minimum Gasteiger partial charge on any atom is -0.344 e. The maximum Gasteiger partial charge on any atom is 0.284 e. The predicted molar refractivity (Wildman–Crippen MR) is 63.2 cm³/mol. The summed E-state index contributed by atoms with van der Waals surface area (Å²) in [5.41, 5.74) is 1.31. The van der Waals surface area contributed by atoms with Crippen LogP contribution in [0, 0.1) is 0 Å². The van der Waals surface area contributed by atoms with Crippen molar-refractivity contribution in [2.45, 2.75) is 37.1 Å². The normalized spacial score (nSPS) is 15.0. The SMILES string of the molecule is CCc1ccc(SC(=O)NC2CC2)cc1. The van der Waals surface area contributed by atoms with Gasteiger partial charge in [0.1, 0.15) is 0 Å². The maximum atomic E-state index is 11.5. The van der Waals surface area contributed by atoms with Gasteiger partial charge in [0, 0.05) is 10.9 Å². The van der Waals surface area contributed by atoms with Gasteiger partial charge in [0.15, 0.2) is 0 Å². The fraction of sp³-hybridized carbons (Fsp3) is 0.417. The third-order valence-corrected chi connectivity index (χ3v) is 3.25. The molecule has 1 N–H and O–H groups in total. The lowest BCUT2D eigenvalue weighted by atomic mass is 10.2. The number of aryl methyl sites for hydroxylation is 1. The molecule has 1 saturated carbocycles. The van der Waals surface area contributed by atoms with Gasteiger partial charge in [-0.05, 0) is 48.7 Å². The Hall–Kier alpha value is -0.960. The molecule has 0 radical (unpaired) electrons. The fourth-order valence-corrected chi connectivity index (χ4v) is 2.04. The Labute approximate surface area is 94.4 Å². The summed E-state index contributed by atoms with van der Waals surface area (Å²) in [6.07, 6.45) is 3.32. The smallest absolute Gasteiger partial charge is 0.284 e. The Bertz CT molecular complexity index is 343. The molecule has 1 aliphatic carbocycles.